The molecule has 1 heteroatoms. The summed E-state index contributed by atoms with van der Waals surface area (Å²) in [5.74, 6) is 0. The SMILES string of the molecule is C/C=C/C=C/C=C/OCc1ccccc1. The van der Waals surface area contributed by atoms with Crippen molar-refractivity contribution in [2.75, 3.05) is 0 Å². The highest BCUT2D eigenvalue weighted by Gasteiger charge is 1.86. The molecular weight excluding hydrogens is 184 g/mol. The Hall–Kier alpha value is -1.76. The minimum absolute atomic E-state index is 0.620. The van der Waals surface area contributed by atoms with E-state index in [9.17, 15) is 0 Å². The number of ether oxygens (including phenoxy) is 1. The molecule has 1 aromatic rings. The normalized spacial score (nSPS) is 11.8. The quantitative estimate of drug-likeness (QED) is 0.518. The van der Waals surface area contributed by atoms with Gasteiger partial charge in [-0.1, -0.05) is 54.6 Å². The lowest BCUT2D eigenvalue weighted by molar-refractivity contribution is 0.236. The number of allylic oxidation sites excluding steroid dienone is 5. The molecule has 0 fully saturated rings. The molecule has 1 nitrogen and oxygen atoms in total. The number of hydrogen-bond acceptors (Lipinski definition) is 1. The summed E-state index contributed by atoms with van der Waals surface area (Å²) in [4.78, 5) is 0. The lowest BCUT2D eigenvalue weighted by Gasteiger charge is -1.99. The molecule has 0 unspecified atom stereocenters. The van der Waals surface area contributed by atoms with Crippen molar-refractivity contribution in [3.63, 3.8) is 0 Å². The molecule has 0 atom stereocenters. The predicted octanol–water partition coefficient (Wildman–Crippen LogP) is 3.85. The first kappa shape index (κ1) is 11.3. The van der Waals surface area contributed by atoms with Crippen LogP contribution in [0.1, 0.15) is 12.5 Å². The van der Waals surface area contributed by atoms with Crippen LogP contribution < -0.4 is 0 Å². The zero-order chi connectivity index (χ0) is 10.8. The summed E-state index contributed by atoms with van der Waals surface area (Å²) in [7, 11) is 0. The van der Waals surface area contributed by atoms with Gasteiger partial charge in [-0.25, -0.2) is 0 Å². The molecule has 0 radical (unpaired) electrons. The van der Waals surface area contributed by atoms with E-state index < -0.39 is 0 Å². The first-order chi connectivity index (χ1) is 7.43. The molecule has 0 heterocycles. The van der Waals surface area contributed by atoms with Crippen molar-refractivity contribution < 1.29 is 4.74 Å². The van der Waals surface area contributed by atoms with Crippen LogP contribution in [0.5, 0.6) is 0 Å². The van der Waals surface area contributed by atoms with Gasteiger partial charge < -0.3 is 4.74 Å². The summed E-state index contributed by atoms with van der Waals surface area (Å²) in [6, 6.07) is 10.1. The Balaban J connectivity index is 2.22. The Morgan fingerprint density at radius 1 is 1.00 bits per heavy atom. The molecule has 78 valence electrons. The van der Waals surface area contributed by atoms with E-state index >= 15 is 0 Å². The van der Waals surface area contributed by atoms with Crippen LogP contribution in [-0.2, 0) is 11.3 Å². The van der Waals surface area contributed by atoms with E-state index in [1.54, 1.807) is 6.26 Å². The van der Waals surface area contributed by atoms with E-state index in [4.69, 9.17) is 4.74 Å². The molecule has 0 saturated carbocycles. The predicted molar refractivity (Wildman–Crippen MR) is 64.3 cm³/mol. The maximum Gasteiger partial charge on any atom is 0.112 e. The smallest absolute Gasteiger partial charge is 0.112 e. The second-order valence-electron chi connectivity index (χ2n) is 3.04. The van der Waals surface area contributed by atoms with Gasteiger partial charge in [-0.15, -0.1) is 0 Å². The molecule has 1 aromatic carbocycles. The lowest BCUT2D eigenvalue weighted by Crippen LogP contribution is -1.84. The van der Waals surface area contributed by atoms with Crippen molar-refractivity contribution in [2.24, 2.45) is 0 Å². The molecule has 0 N–H and O–H groups in total. The third-order valence-corrected chi connectivity index (χ3v) is 1.79. The van der Waals surface area contributed by atoms with Gasteiger partial charge in [-0.2, -0.15) is 0 Å². The van der Waals surface area contributed by atoms with Crippen LogP contribution in [0.25, 0.3) is 0 Å². The summed E-state index contributed by atoms with van der Waals surface area (Å²) in [5.41, 5.74) is 1.18. The molecule has 0 aliphatic heterocycles. The van der Waals surface area contributed by atoms with Gasteiger partial charge in [0, 0.05) is 0 Å². The lowest BCUT2D eigenvalue weighted by atomic mass is 10.2. The van der Waals surface area contributed by atoms with E-state index in [-0.39, 0.29) is 0 Å². The molecule has 1 rings (SSSR count). The molecule has 0 amide bonds. The zero-order valence-corrected chi connectivity index (χ0v) is 8.97. The first-order valence-electron chi connectivity index (χ1n) is 5.03. The fourth-order valence-corrected chi connectivity index (χ4v) is 1.06. The topological polar surface area (TPSA) is 9.23 Å². The van der Waals surface area contributed by atoms with E-state index in [0.717, 1.165) is 0 Å². The van der Waals surface area contributed by atoms with Crippen LogP contribution in [0, 0.1) is 0 Å². The van der Waals surface area contributed by atoms with Crippen molar-refractivity contribution >= 4 is 0 Å². The first-order valence-corrected chi connectivity index (χ1v) is 5.03. The van der Waals surface area contributed by atoms with Crippen LogP contribution >= 0.6 is 0 Å². The van der Waals surface area contributed by atoms with Gasteiger partial charge >= 0.3 is 0 Å². The maximum absolute atomic E-state index is 5.34. The van der Waals surface area contributed by atoms with Gasteiger partial charge in [0.1, 0.15) is 6.61 Å². The second kappa shape index (κ2) is 7.63. The number of rotatable bonds is 5. The largest absolute Gasteiger partial charge is 0.497 e. The zero-order valence-electron chi connectivity index (χ0n) is 8.97. The Bertz CT molecular complexity index is 334. The molecular formula is C14H16O. The minimum atomic E-state index is 0.620. The third kappa shape index (κ3) is 5.53. The van der Waals surface area contributed by atoms with Gasteiger partial charge in [0.2, 0.25) is 0 Å². The fraction of sp³-hybridized carbons (Fsp3) is 0.143. The van der Waals surface area contributed by atoms with Crippen molar-refractivity contribution in [3.8, 4) is 0 Å². The van der Waals surface area contributed by atoms with E-state index in [1.807, 2.05) is 67.6 Å². The highest BCUT2D eigenvalue weighted by molar-refractivity contribution is 5.14. The molecule has 0 saturated heterocycles. The van der Waals surface area contributed by atoms with Gasteiger partial charge in [-0.05, 0) is 18.6 Å². The van der Waals surface area contributed by atoms with Crippen molar-refractivity contribution in [1.82, 2.24) is 0 Å². The van der Waals surface area contributed by atoms with E-state index in [2.05, 4.69) is 0 Å². The highest BCUT2D eigenvalue weighted by Crippen LogP contribution is 2.00. The van der Waals surface area contributed by atoms with Crippen LogP contribution in [0.4, 0.5) is 0 Å². The second-order valence-corrected chi connectivity index (χ2v) is 3.04. The molecule has 0 bridgehead atoms. The summed E-state index contributed by atoms with van der Waals surface area (Å²) < 4.78 is 5.34. The number of hydrogen-bond donors (Lipinski definition) is 0. The van der Waals surface area contributed by atoms with E-state index in [0.29, 0.717) is 6.61 Å². The Kier molecular flexibility index (Phi) is 5.75. The van der Waals surface area contributed by atoms with Crippen LogP contribution in [-0.4, -0.2) is 0 Å². The monoisotopic (exact) mass is 200 g/mol. The molecule has 0 aliphatic carbocycles. The fourth-order valence-electron chi connectivity index (χ4n) is 1.06. The Labute approximate surface area is 91.4 Å². The number of benzene rings is 1. The van der Waals surface area contributed by atoms with Crippen molar-refractivity contribution in [1.29, 1.82) is 0 Å². The van der Waals surface area contributed by atoms with Crippen molar-refractivity contribution in [3.05, 3.63) is 72.5 Å². The summed E-state index contributed by atoms with van der Waals surface area (Å²) in [6.07, 6.45) is 11.4. The van der Waals surface area contributed by atoms with Crippen LogP contribution in [0.15, 0.2) is 67.0 Å². The van der Waals surface area contributed by atoms with Gasteiger partial charge in [0.05, 0.1) is 6.26 Å². The highest BCUT2D eigenvalue weighted by atomic mass is 16.5. The van der Waals surface area contributed by atoms with Gasteiger partial charge in [-0.3, -0.25) is 0 Å². The average molecular weight is 200 g/mol. The standard InChI is InChI=1S/C14H16O/c1-2-3-4-5-9-12-15-13-14-10-7-6-8-11-14/h2-12H,13H2,1H3/b3-2+,5-4+,12-9+. The van der Waals surface area contributed by atoms with Crippen molar-refractivity contribution in [2.45, 2.75) is 13.5 Å². The summed E-state index contributed by atoms with van der Waals surface area (Å²) >= 11 is 0. The van der Waals surface area contributed by atoms with Crippen LogP contribution in [0.3, 0.4) is 0 Å². The summed E-state index contributed by atoms with van der Waals surface area (Å²) in [6.45, 7) is 2.61. The van der Waals surface area contributed by atoms with E-state index in [1.165, 1.54) is 5.56 Å². The minimum Gasteiger partial charge on any atom is -0.497 e. The third-order valence-electron chi connectivity index (χ3n) is 1.79. The molecule has 0 aromatic heterocycles. The molecule has 15 heavy (non-hydrogen) atoms. The van der Waals surface area contributed by atoms with Gasteiger partial charge in [0.25, 0.3) is 0 Å². The summed E-state index contributed by atoms with van der Waals surface area (Å²) in [5, 5.41) is 0. The Morgan fingerprint density at radius 2 is 1.73 bits per heavy atom. The molecule has 0 aliphatic rings. The molecule has 0 spiro atoms. The van der Waals surface area contributed by atoms with Gasteiger partial charge in [0.15, 0.2) is 0 Å². The average Bonchev–Trinajstić information content (AvgIpc) is 2.29. The Morgan fingerprint density at radius 3 is 2.47 bits per heavy atom. The maximum atomic E-state index is 5.34. The van der Waals surface area contributed by atoms with Crippen LogP contribution in [0.2, 0.25) is 0 Å².